The van der Waals surface area contributed by atoms with Gasteiger partial charge in [-0.25, -0.2) is 4.98 Å². The summed E-state index contributed by atoms with van der Waals surface area (Å²) in [6, 6.07) is 22.3. The van der Waals surface area contributed by atoms with Crippen LogP contribution in [0.1, 0.15) is 10.4 Å². The second-order valence-corrected chi connectivity index (χ2v) is 11.0. The van der Waals surface area contributed by atoms with Crippen molar-refractivity contribution < 1.29 is 19.0 Å². The zero-order chi connectivity index (χ0) is 27.3. The largest absolute Gasteiger partial charge is 0.483 e. The number of hydrogen-bond donors (Lipinski definition) is 0. The number of piperazine rings is 1. The van der Waals surface area contributed by atoms with E-state index in [4.69, 9.17) is 14.2 Å². The van der Waals surface area contributed by atoms with Gasteiger partial charge in [0.15, 0.2) is 18.1 Å². The number of carbonyl (C=O) groups is 1. The summed E-state index contributed by atoms with van der Waals surface area (Å²) >= 11 is 1.75. The number of nitrogens with zero attached hydrogens (tertiary/aromatic N) is 4. The average Bonchev–Trinajstić information content (AvgIpc) is 3.68. The van der Waals surface area contributed by atoms with Crippen LogP contribution in [0.25, 0.3) is 11.1 Å². The van der Waals surface area contributed by atoms with Gasteiger partial charge in [0.1, 0.15) is 11.6 Å². The highest BCUT2D eigenvalue weighted by atomic mass is 32.1. The predicted octanol–water partition coefficient (Wildman–Crippen LogP) is 4.90. The minimum Gasteiger partial charge on any atom is -0.483 e. The number of rotatable bonds is 9. The average molecular weight is 557 g/mol. The van der Waals surface area contributed by atoms with Gasteiger partial charge in [0, 0.05) is 55.9 Å². The standard InChI is InChI=1S/C31H32N4O4S/c1-33(20-26-5-4-16-40-26)19-25-17-23(24-8-10-28-29(18-24)39-22-38-28)7-9-27(25)37-21-31(36)35-14-12-34(13-15-35)30-6-2-3-11-32-30/h2-11,16-18H,12-15,19-22H2,1H3. The molecule has 0 bridgehead atoms. The smallest absolute Gasteiger partial charge is 0.260 e. The Kier molecular flexibility index (Phi) is 7.83. The summed E-state index contributed by atoms with van der Waals surface area (Å²) < 4.78 is 17.2. The lowest BCUT2D eigenvalue weighted by atomic mass is 10.0. The molecule has 2 aromatic heterocycles. The van der Waals surface area contributed by atoms with Crippen LogP contribution in [0.2, 0.25) is 0 Å². The van der Waals surface area contributed by atoms with Crippen molar-refractivity contribution in [2.45, 2.75) is 13.1 Å². The molecular weight excluding hydrogens is 524 g/mol. The molecule has 8 nitrogen and oxygen atoms in total. The normalized spacial score (nSPS) is 14.6. The molecule has 4 aromatic rings. The van der Waals surface area contributed by atoms with Crippen LogP contribution in [0.5, 0.6) is 17.2 Å². The molecule has 0 radical (unpaired) electrons. The lowest BCUT2D eigenvalue weighted by Gasteiger charge is -2.35. The molecule has 0 unspecified atom stereocenters. The molecule has 2 aromatic carbocycles. The van der Waals surface area contributed by atoms with E-state index in [1.54, 1.807) is 17.5 Å². The van der Waals surface area contributed by atoms with Gasteiger partial charge in [0.05, 0.1) is 0 Å². The zero-order valence-electron chi connectivity index (χ0n) is 22.5. The van der Waals surface area contributed by atoms with E-state index < -0.39 is 0 Å². The van der Waals surface area contributed by atoms with Crippen LogP contribution in [0, 0.1) is 0 Å². The Morgan fingerprint density at radius 1 is 0.950 bits per heavy atom. The van der Waals surface area contributed by atoms with Gasteiger partial charge in [-0.05, 0) is 66.0 Å². The van der Waals surface area contributed by atoms with E-state index in [0.717, 1.165) is 59.4 Å². The van der Waals surface area contributed by atoms with Crippen LogP contribution in [0.15, 0.2) is 78.3 Å². The molecule has 40 heavy (non-hydrogen) atoms. The highest BCUT2D eigenvalue weighted by Gasteiger charge is 2.23. The van der Waals surface area contributed by atoms with Crippen molar-refractivity contribution in [3.8, 4) is 28.4 Å². The molecule has 9 heteroatoms. The third kappa shape index (κ3) is 6.05. The summed E-state index contributed by atoms with van der Waals surface area (Å²) in [5.74, 6) is 3.19. The van der Waals surface area contributed by atoms with E-state index in [2.05, 4.69) is 45.4 Å². The van der Waals surface area contributed by atoms with Gasteiger partial charge in [-0.15, -0.1) is 11.3 Å². The lowest BCUT2D eigenvalue weighted by Crippen LogP contribution is -2.50. The molecule has 0 N–H and O–H groups in total. The Hall–Kier alpha value is -4.08. The molecule has 206 valence electrons. The Morgan fingerprint density at radius 2 is 1.77 bits per heavy atom. The van der Waals surface area contributed by atoms with Crippen molar-refractivity contribution in [1.29, 1.82) is 0 Å². The second-order valence-electron chi connectivity index (χ2n) is 9.99. The molecule has 2 aliphatic heterocycles. The number of benzene rings is 2. The predicted molar refractivity (Wildman–Crippen MR) is 156 cm³/mol. The van der Waals surface area contributed by atoms with Gasteiger partial charge in [-0.3, -0.25) is 9.69 Å². The molecule has 6 rings (SSSR count). The third-order valence-electron chi connectivity index (χ3n) is 7.17. The van der Waals surface area contributed by atoms with E-state index in [1.807, 2.05) is 53.4 Å². The number of fused-ring (bicyclic) bond motifs is 1. The molecule has 1 fully saturated rings. The van der Waals surface area contributed by atoms with E-state index in [-0.39, 0.29) is 19.3 Å². The summed E-state index contributed by atoms with van der Waals surface area (Å²) in [6.45, 7) is 4.59. The Labute approximate surface area is 238 Å². The minimum atomic E-state index is -0.00147. The number of pyridine rings is 1. The van der Waals surface area contributed by atoms with Crippen molar-refractivity contribution >= 4 is 23.1 Å². The molecule has 1 amide bonds. The van der Waals surface area contributed by atoms with Crippen molar-refractivity contribution in [3.63, 3.8) is 0 Å². The molecule has 0 spiro atoms. The summed E-state index contributed by atoms with van der Waals surface area (Å²) in [4.78, 5) is 25.2. The van der Waals surface area contributed by atoms with E-state index >= 15 is 0 Å². The minimum absolute atomic E-state index is 0.00147. The fourth-order valence-corrected chi connectivity index (χ4v) is 5.86. The van der Waals surface area contributed by atoms with Crippen LogP contribution in [-0.2, 0) is 17.9 Å². The Morgan fingerprint density at radius 3 is 2.58 bits per heavy atom. The summed E-state index contributed by atoms with van der Waals surface area (Å²) in [5.41, 5.74) is 3.13. The summed E-state index contributed by atoms with van der Waals surface area (Å²) in [7, 11) is 2.10. The topological polar surface area (TPSA) is 67.4 Å². The van der Waals surface area contributed by atoms with Crippen LogP contribution in [0.3, 0.4) is 0 Å². The molecular formula is C31H32N4O4S. The van der Waals surface area contributed by atoms with Crippen LogP contribution < -0.4 is 19.1 Å². The van der Waals surface area contributed by atoms with Crippen LogP contribution >= 0.6 is 11.3 Å². The maximum absolute atomic E-state index is 13.1. The summed E-state index contributed by atoms with van der Waals surface area (Å²) in [5, 5.41) is 2.10. The summed E-state index contributed by atoms with van der Waals surface area (Å²) in [6.07, 6.45) is 1.80. The quantitative estimate of drug-likeness (QED) is 0.291. The number of carbonyl (C=O) groups excluding carboxylic acids is 1. The van der Waals surface area contributed by atoms with Crippen molar-refractivity contribution in [3.05, 3.63) is 88.7 Å². The van der Waals surface area contributed by atoms with Crippen LogP contribution in [-0.4, -0.2) is 67.3 Å². The number of aromatic nitrogens is 1. The van der Waals surface area contributed by atoms with Gasteiger partial charge < -0.3 is 24.0 Å². The maximum atomic E-state index is 13.1. The highest BCUT2D eigenvalue weighted by molar-refractivity contribution is 7.09. The first-order valence-electron chi connectivity index (χ1n) is 13.4. The maximum Gasteiger partial charge on any atom is 0.260 e. The van der Waals surface area contributed by atoms with Gasteiger partial charge in [-0.1, -0.05) is 24.3 Å². The van der Waals surface area contributed by atoms with Crippen molar-refractivity contribution in [2.75, 3.05) is 51.5 Å². The van der Waals surface area contributed by atoms with Gasteiger partial charge in [0.25, 0.3) is 5.91 Å². The van der Waals surface area contributed by atoms with E-state index in [0.29, 0.717) is 19.6 Å². The van der Waals surface area contributed by atoms with Crippen molar-refractivity contribution in [1.82, 2.24) is 14.8 Å². The third-order valence-corrected chi connectivity index (χ3v) is 8.03. The molecule has 0 saturated carbocycles. The molecule has 2 aliphatic rings. The lowest BCUT2D eigenvalue weighted by molar-refractivity contribution is -0.133. The molecule has 4 heterocycles. The number of amides is 1. The highest BCUT2D eigenvalue weighted by Crippen LogP contribution is 2.37. The van der Waals surface area contributed by atoms with Gasteiger partial charge in [-0.2, -0.15) is 0 Å². The first-order valence-corrected chi connectivity index (χ1v) is 14.3. The Balaban J connectivity index is 1.14. The number of thiophene rings is 1. The Bertz CT molecular complexity index is 1440. The van der Waals surface area contributed by atoms with Crippen LogP contribution in [0.4, 0.5) is 5.82 Å². The fraction of sp³-hybridized carbons (Fsp3) is 0.290. The number of hydrogen-bond acceptors (Lipinski definition) is 8. The number of ether oxygens (including phenoxy) is 3. The van der Waals surface area contributed by atoms with E-state index in [1.165, 1.54) is 4.88 Å². The SMILES string of the molecule is CN(Cc1cccs1)Cc1cc(-c2ccc3c(c2)OCO3)ccc1OCC(=O)N1CCN(c2ccccn2)CC1. The molecule has 0 aliphatic carbocycles. The first-order chi connectivity index (χ1) is 19.6. The molecule has 1 saturated heterocycles. The first kappa shape index (κ1) is 26.2. The second kappa shape index (κ2) is 12.0. The van der Waals surface area contributed by atoms with Crippen molar-refractivity contribution in [2.24, 2.45) is 0 Å². The van der Waals surface area contributed by atoms with Gasteiger partial charge in [0.2, 0.25) is 6.79 Å². The zero-order valence-corrected chi connectivity index (χ0v) is 23.3. The monoisotopic (exact) mass is 556 g/mol. The van der Waals surface area contributed by atoms with Gasteiger partial charge >= 0.3 is 0 Å². The van der Waals surface area contributed by atoms with E-state index in [9.17, 15) is 4.79 Å². The fourth-order valence-electron chi connectivity index (χ4n) is 5.07. The molecule has 0 atom stereocenters. The number of anilines is 1.